The van der Waals surface area contributed by atoms with Crippen LogP contribution in [0.4, 0.5) is 5.13 Å². The maximum absolute atomic E-state index is 11.8. The first-order valence-corrected chi connectivity index (χ1v) is 8.26. The Kier molecular flexibility index (Phi) is 5.69. The van der Waals surface area contributed by atoms with Crippen molar-refractivity contribution < 1.29 is 9.53 Å². The number of benzene rings is 1. The Bertz CT molecular complexity index is 630. The number of carbonyl (C=O) groups excluding carboxylic acids is 1. The van der Waals surface area contributed by atoms with Crippen molar-refractivity contribution >= 4 is 38.3 Å². The molecule has 1 heterocycles. The van der Waals surface area contributed by atoms with E-state index in [-0.39, 0.29) is 12.5 Å². The van der Waals surface area contributed by atoms with Crippen LogP contribution in [-0.2, 0) is 17.6 Å². The summed E-state index contributed by atoms with van der Waals surface area (Å²) in [7, 11) is 0. The maximum Gasteiger partial charge on any atom is 0.264 e. The number of anilines is 1. The largest absolute Gasteiger partial charge is 0.483 e. The first kappa shape index (κ1) is 15.9. The normalized spacial score (nSPS) is 10.4. The molecule has 1 aromatic heterocycles. The number of hydrogen-bond acceptors (Lipinski definition) is 5. The molecule has 0 fully saturated rings. The number of halogens is 1. The Hall–Kier alpha value is -1.47. The topological polar surface area (TPSA) is 64.1 Å². The fourth-order valence-electron chi connectivity index (χ4n) is 1.63. The molecule has 1 N–H and O–H groups in total. The van der Waals surface area contributed by atoms with Crippen molar-refractivity contribution in [3.05, 3.63) is 33.2 Å². The summed E-state index contributed by atoms with van der Waals surface area (Å²) < 4.78 is 6.35. The molecule has 0 spiro atoms. The van der Waals surface area contributed by atoms with Gasteiger partial charge in [-0.1, -0.05) is 31.3 Å². The molecule has 1 aromatic carbocycles. The molecule has 0 bridgehead atoms. The molecule has 0 saturated heterocycles. The molecule has 0 aliphatic carbocycles. The lowest BCUT2D eigenvalue weighted by Crippen LogP contribution is -2.20. The molecule has 1 amide bonds. The second-order valence-electron chi connectivity index (χ2n) is 4.31. The maximum atomic E-state index is 11.8. The number of ether oxygens (including phenoxy) is 1. The third kappa shape index (κ3) is 4.50. The third-order valence-corrected chi connectivity index (χ3v) is 4.38. The molecule has 21 heavy (non-hydrogen) atoms. The number of aromatic nitrogens is 2. The van der Waals surface area contributed by atoms with E-state index in [2.05, 4.69) is 38.4 Å². The van der Waals surface area contributed by atoms with Crippen molar-refractivity contribution in [1.82, 2.24) is 10.2 Å². The molecule has 0 aliphatic heterocycles. The zero-order valence-electron chi connectivity index (χ0n) is 11.9. The Labute approximate surface area is 135 Å². The molecule has 0 aliphatic rings. The Morgan fingerprint density at radius 3 is 2.76 bits per heavy atom. The minimum Gasteiger partial charge on any atom is -0.483 e. The number of amides is 1. The van der Waals surface area contributed by atoms with E-state index in [9.17, 15) is 4.79 Å². The number of rotatable bonds is 6. The van der Waals surface area contributed by atoms with E-state index in [1.54, 1.807) is 0 Å². The van der Waals surface area contributed by atoms with E-state index >= 15 is 0 Å². The first-order valence-electron chi connectivity index (χ1n) is 6.65. The van der Waals surface area contributed by atoms with Gasteiger partial charge in [-0.05, 0) is 46.5 Å². The van der Waals surface area contributed by atoms with Gasteiger partial charge in [0.15, 0.2) is 6.61 Å². The molecule has 0 unspecified atom stereocenters. The molecule has 112 valence electrons. The molecule has 5 nitrogen and oxygen atoms in total. The predicted molar refractivity (Wildman–Crippen MR) is 86.9 cm³/mol. The van der Waals surface area contributed by atoms with Gasteiger partial charge >= 0.3 is 0 Å². The summed E-state index contributed by atoms with van der Waals surface area (Å²) in [5.41, 5.74) is 1.21. The summed E-state index contributed by atoms with van der Waals surface area (Å²) in [6.07, 6.45) is 1.76. The van der Waals surface area contributed by atoms with Crippen molar-refractivity contribution in [3.63, 3.8) is 0 Å². The third-order valence-electron chi connectivity index (χ3n) is 2.78. The van der Waals surface area contributed by atoms with Gasteiger partial charge in [-0.25, -0.2) is 0 Å². The Morgan fingerprint density at radius 2 is 2.14 bits per heavy atom. The first-order chi connectivity index (χ1) is 10.1. The fourth-order valence-corrected chi connectivity index (χ4v) is 2.86. The van der Waals surface area contributed by atoms with E-state index in [0.717, 1.165) is 22.3 Å². The molecular formula is C14H16BrN3O2S. The average Bonchev–Trinajstić information content (AvgIpc) is 2.93. The highest BCUT2D eigenvalue weighted by molar-refractivity contribution is 9.10. The lowest BCUT2D eigenvalue weighted by molar-refractivity contribution is -0.118. The van der Waals surface area contributed by atoms with Crippen molar-refractivity contribution in [2.24, 2.45) is 0 Å². The van der Waals surface area contributed by atoms with Crippen molar-refractivity contribution in [1.29, 1.82) is 0 Å². The number of nitrogens with zero attached hydrogens (tertiary/aromatic N) is 2. The van der Waals surface area contributed by atoms with Gasteiger partial charge in [-0.2, -0.15) is 0 Å². The highest BCUT2D eigenvalue weighted by Gasteiger charge is 2.09. The fraction of sp³-hybridized carbons (Fsp3) is 0.357. The molecule has 2 aromatic rings. The van der Waals surface area contributed by atoms with Gasteiger partial charge in [0.25, 0.3) is 5.91 Å². The molecular weight excluding hydrogens is 354 g/mol. The van der Waals surface area contributed by atoms with Crippen molar-refractivity contribution in [3.8, 4) is 5.75 Å². The van der Waals surface area contributed by atoms with Crippen LogP contribution in [0.1, 0.15) is 24.4 Å². The minimum atomic E-state index is -0.250. The average molecular weight is 370 g/mol. The van der Waals surface area contributed by atoms with Crippen LogP contribution >= 0.6 is 27.3 Å². The van der Waals surface area contributed by atoms with Crippen molar-refractivity contribution in [2.75, 3.05) is 11.9 Å². The highest BCUT2D eigenvalue weighted by atomic mass is 79.9. The molecule has 0 radical (unpaired) electrons. The van der Waals surface area contributed by atoms with Gasteiger partial charge < -0.3 is 4.74 Å². The van der Waals surface area contributed by atoms with E-state index < -0.39 is 0 Å². The van der Waals surface area contributed by atoms with Crippen LogP contribution in [0.25, 0.3) is 0 Å². The monoisotopic (exact) mass is 369 g/mol. The van der Waals surface area contributed by atoms with Gasteiger partial charge in [0, 0.05) is 0 Å². The standard InChI is InChI=1S/C14H16BrN3O2S/c1-3-9-5-6-11(10(15)7-9)20-8-12(19)16-14-18-17-13(4-2)21-14/h5-7H,3-4,8H2,1-2H3,(H,16,18,19). The zero-order valence-corrected chi connectivity index (χ0v) is 14.3. The predicted octanol–water partition coefficient (Wildman–Crippen LogP) is 3.44. The van der Waals surface area contributed by atoms with Crippen LogP contribution in [0.5, 0.6) is 5.75 Å². The van der Waals surface area contributed by atoms with Crippen LogP contribution in [-0.4, -0.2) is 22.7 Å². The Balaban J connectivity index is 1.89. The molecule has 2 rings (SSSR count). The number of nitrogens with one attached hydrogen (secondary N) is 1. The van der Waals surface area contributed by atoms with Gasteiger partial charge in [-0.15, -0.1) is 10.2 Å². The quantitative estimate of drug-likeness (QED) is 0.846. The minimum absolute atomic E-state index is 0.0644. The van der Waals surface area contributed by atoms with E-state index in [4.69, 9.17) is 4.74 Å². The van der Waals surface area contributed by atoms with Crippen LogP contribution in [0, 0.1) is 0 Å². The SMILES string of the molecule is CCc1ccc(OCC(=O)Nc2nnc(CC)s2)c(Br)c1. The molecule has 7 heteroatoms. The highest BCUT2D eigenvalue weighted by Crippen LogP contribution is 2.26. The smallest absolute Gasteiger partial charge is 0.264 e. The number of carbonyl (C=O) groups is 1. The molecule has 0 atom stereocenters. The van der Waals surface area contributed by atoms with E-state index in [1.165, 1.54) is 16.9 Å². The van der Waals surface area contributed by atoms with Crippen molar-refractivity contribution in [2.45, 2.75) is 26.7 Å². The number of aryl methyl sites for hydroxylation is 2. The van der Waals surface area contributed by atoms with Gasteiger partial charge in [0.05, 0.1) is 4.47 Å². The lowest BCUT2D eigenvalue weighted by Gasteiger charge is -2.08. The van der Waals surface area contributed by atoms with E-state index in [0.29, 0.717) is 10.9 Å². The van der Waals surface area contributed by atoms with Gasteiger partial charge in [0.1, 0.15) is 10.8 Å². The second-order valence-corrected chi connectivity index (χ2v) is 6.23. The summed E-state index contributed by atoms with van der Waals surface area (Å²) in [6.45, 7) is 4.01. The molecule has 0 saturated carbocycles. The summed E-state index contributed by atoms with van der Waals surface area (Å²) >= 11 is 4.81. The zero-order chi connectivity index (χ0) is 15.2. The summed E-state index contributed by atoms with van der Waals surface area (Å²) in [5.74, 6) is 0.397. The van der Waals surface area contributed by atoms with Crippen LogP contribution < -0.4 is 10.1 Å². The van der Waals surface area contributed by atoms with Crippen LogP contribution in [0.3, 0.4) is 0 Å². The second kappa shape index (κ2) is 7.51. The number of hydrogen-bond donors (Lipinski definition) is 1. The summed E-state index contributed by atoms with van der Waals surface area (Å²) in [4.78, 5) is 11.8. The summed E-state index contributed by atoms with van der Waals surface area (Å²) in [6, 6.07) is 5.83. The van der Waals surface area contributed by atoms with Gasteiger partial charge in [0.2, 0.25) is 5.13 Å². The van der Waals surface area contributed by atoms with Crippen LogP contribution in [0.15, 0.2) is 22.7 Å². The van der Waals surface area contributed by atoms with Crippen LogP contribution in [0.2, 0.25) is 0 Å². The van der Waals surface area contributed by atoms with E-state index in [1.807, 2.05) is 25.1 Å². The lowest BCUT2D eigenvalue weighted by atomic mass is 10.2. The van der Waals surface area contributed by atoms with Gasteiger partial charge in [-0.3, -0.25) is 10.1 Å². The Morgan fingerprint density at radius 1 is 1.33 bits per heavy atom. The summed E-state index contributed by atoms with van der Waals surface area (Å²) in [5, 5.41) is 11.9.